The Morgan fingerprint density at radius 3 is 2.07 bits per heavy atom. The number of halogens is 3. The molecule has 0 spiro atoms. The highest BCUT2D eigenvalue weighted by atomic mass is 19.4. The summed E-state index contributed by atoms with van der Waals surface area (Å²) in [5, 5.41) is 21.3. The van der Waals surface area contributed by atoms with Crippen LogP contribution in [0.5, 0.6) is 5.75 Å². The number of alkyl halides is 3. The lowest BCUT2D eigenvalue weighted by atomic mass is 10.1. The van der Waals surface area contributed by atoms with E-state index in [0.717, 1.165) is 16.7 Å². The SMILES string of the molecule is Cc1ccc(C)c(CNC(=O)c2cn(CCCCn3cc(C(=O)NCc4cccc(OC(F)(F)F)c4)nn3)nn2)c1. The zero-order valence-corrected chi connectivity index (χ0v) is 22.5. The summed E-state index contributed by atoms with van der Waals surface area (Å²) in [7, 11) is 0. The Balaban J connectivity index is 1.17. The van der Waals surface area contributed by atoms with Crippen LogP contribution in [-0.2, 0) is 26.2 Å². The molecule has 2 aromatic carbocycles. The van der Waals surface area contributed by atoms with E-state index in [1.807, 2.05) is 32.0 Å². The molecule has 0 atom stereocenters. The highest BCUT2D eigenvalue weighted by molar-refractivity contribution is 5.92. The molecule has 0 radical (unpaired) electrons. The molecule has 2 aromatic heterocycles. The number of ether oxygens (including phenoxy) is 1. The van der Waals surface area contributed by atoms with E-state index in [1.165, 1.54) is 29.1 Å². The summed E-state index contributed by atoms with van der Waals surface area (Å²) < 4.78 is 44.2. The van der Waals surface area contributed by atoms with Crippen molar-refractivity contribution >= 4 is 11.8 Å². The van der Waals surface area contributed by atoms with Crippen molar-refractivity contribution in [1.82, 2.24) is 40.6 Å². The van der Waals surface area contributed by atoms with Gasteiger partial charge in [0.2, 0.25) is 0 Å². The quantitative estimate of drug-likeness (QED) is 0.249. The largest absolute Gasteiger partial charge is 0.573 e. The van der Waals surface area contributed by atoms with Crippen molar-refractivity contribution < 1.29 is 27.5 Å². The van der Waals surface area contributed by atoms with Crippen LogP contribution in [0.15, 0.2) is 54.9 Å². The third kappa shape index (κ3) is 8.88. The van der Waals surface area contributed by atoms with Crippen molar-refractivity contribution in [3.05, 3.63) is 88.5 Å². The Hall–Kier alpha value is -4.75. The van der Waals surface area contributed by atoms with Gasteiger partial charge >= 0.3 is 6.36 Å². The van der Waals surface area contributed by atoms with Crippen LogP contribution in [0.2, 0.25) is 0 Å². The van der Waals surface area contributed by atoms with Crippen LogP contribution >= 0.6 is 0 Å². The molecule has 0 saturated carbocycles. The Kier molecular flexibility index (Phi) is 9.32. The normalized spacial score (nSPS) is 11.3. The third-order valence-corrected chi connectivity index (χ3v) is 6.10. The Labute approximate surface area is 233 Å². The molecule has 41 heavy (non-hydrogen) atoms. The molecule has 0 fully saturated rings. The average molecular weight is 571 g/mol. The van der Waals surface area contributed by atoms with Gasteiger partial charge in [0.25, 0.3) is 11.8 Å². The highest BCUT2D eigenvalue weighted by Crippen LogP contribution is 2.23. The number of hydrogen-bond donors (Lipinski definition) is 2. The second-order valence-electron chi connectivity index (χ2n) is 9.43. The number of hydrogen-bond acceptors (Lipinski definition) is 7. The highest BCUT2D eigenvalue weighted by Gasteiger charge is 2.31. The van der Waals surface area contributed by atoms with Gasteiger partial charge in [-0.1, -0.05) is 46.3 Å². The van der Waals surface area contributed by atoms with Gasteiger partial charge in [-0.25, -0.2) is 0 Å². The Bertz CT molecular complexity index is 1500. The fourth-order valence-electron chi connectivity index (χ4n) is 3.95. The van der Waals surface area contributed by atoms with E-state index >= 15 is 0 Å². The molecule has 11 nitrogen and oxygen atoms in total. The first-order valence-electron chi connectivity index (χ1n) is 12.8. The zero-order chi connectivity index (χ0) is 29.4. The topological polar surface area (TPSA) is 129 Å². The molecule has 2 amide bonds. The van der Waals surface area contributed by atoms with Gasteiger partial charge in [0.15, 0.2) is 11.4 Å². The number of aromatic nitrogens is 6. The fraction of sp³-hybridized carbons (Fsp3) is 0.333. The summed E-state index contributed by atoms with van der Waals surface area (Å²) in [5.74, 6) is -1.17. The van der Waals surface area contributed by atoms with Crippen LogP contribution in [-0.4, -0.2) is 48.2 Å². The zero-order valence-electron chi connectivity index (χ0n) is 22.5. The van der Waals surface area contributed by atoms with E-state index in [9.17, 15) is 22.8 Å². The van der Waals surface area contributed by atoms with Gasteiger partial charge in [-0.15, -0.1) is 23.4 Å². The molecule has 14 heteroatoms. The van der Waals surface area contributed by atoms with Crippen molar-refractivity contribution in [2.45, 2.75) is 59.2 Å². The van der Waals surface area contributed by atoms with Crippen molar-refractivity contribution in [2.75, 3.05) is 0 Å². The number of aryl methyl sites for hydroxylation is 4. The Morgan fingerprint density at radius 2 is 1.46 bits per heavy atom. The van der Waals surface area contributed by atoms with Crippen molar-refractivity contribution in [3.8, 4) is 5.75 Å². The molecule has 0 bridgehead atoms. The average Bonchev–Trinajstić information content (AvgIpc) is 3.59. The summed E-state index contributed by atoms with van der Waals surface area (Å²) in [6.45, 7) is 5.43. The molecule has 0 saturated heterocycles. The molecule has 0 aliphatic carbocycles. The van der Waals surface area contributed by atoms with Gasteiger partial charge in [-0.05, 0) is 55.5 Å². The van der Waals surface area contributed by atoms with Crippen LogP contribution in [0.25, 0.3) is 0 Å². The van der Waals surface area contributed by atoms with Gasteiger partial charge in [-0.3, -0.25) is 19.0 Å². The third-order valence-electron chi connectivity index (χ3n) is 6.10. The summed E-state index contributed by atoms with van der Waals surface area (Å²) in [4.78, 5) is 24.9. The summed E-state index contributed by atoms with van der Waals surface area (Å²) in [6.07, 6.45) is -0.292. The van der Waals surface area contributed by atoms with E-state index < -0.39 is 12.3 Å². The maximum atomic E-state index is 12.5. The molecule has 2 heterocycles. The van der Waals surface area contributed by atoms with Crippen LogP contribution in [0, 0.1) is 13.8 Å². The van der Waals surface area contributed by atoms with Gasteiger partial charge in [0.1, 0.15) is 5.75 Å². The lowest BCUT2D eigenvalue weighted by molar-refractivity contribution is -0.274. The van der Waals surface area contributed by atoms with E-state index in [-0.39, 0.29) is 29.6 Å². The van der Waals surface area contributed by atoms with Gasteiger partial charge in [0.05, 0.1) is 12.4 Å². The van der Waals surface area contributed by atoms with Crippen molar-refractivity contribution in [3.63, 3.8) is 0 Å². The van der Waals surface area contributed by atoms with Gasteiger partial charge in [-0.2, -0.15) is 0 Å². The van der Waals surface area contributed by atoms with Crippen LogP contribution in [0.1, 0.15) is 56.1 Å². The van der Waals surface area contributed by atoms with E-state index in [1.54, 1.807) is 16.9 Å². The number of nitrogens with one attached hydrogen (secondary N) is 2. The molecule has 2 N–H and O–H groups in total. The first kappa shape index (κ1) is 29.2. The predicted molar refractivity (Wildman–Crippen MR) is 141 cm³/mol. The van der Waals surface area contributed by atoms with Crippen LogP contribution in [0.3, 0.4) is 0 Å². The van der Waals surface area contributed by atoms with E-state index in [0.29, 0.717) is 38.0 Å². The fourth-order valence-corrected chi connectivity index (χ4v) is 3.95. The molecule has 0 unspecified atom stereocenters. The van der Waals surface area contributed by atoms with E-state index in [2.05, 4.69) is 36.0 Å². The molecule has 0 aliphatic rings. The minimum Gasteiger partial charge on any atom is -0.406 e. The number of carbonyl (C=O) groups excluding carboxylic acids is 2. The lowest BCUT2D eigenvalue weighted by Gasteiger charge is -2.10. The molecule has 216 valence electrons. The first-order chi connectivity index (χ1) is 19.6. The maximum Gasteiger partial charge on any atom is 0.573 e. The molecular formula is C27H29F3N8O3. The number of carbonyl (C=O) groups is 2. The second kappa shape index (κ2) is 13.1. The van der Waals surface area contributed by atoms with Crippen molar-refractivity contribution in [2.24, 2.45) is 0 Å². The number of rotatable bonds is 12. The standard InChI is InChI=1S/C27H29F3N8O3/c1-18-8-9-19(2)21(12-18)15-32-26(40)24-17-38(36-34-24)11-4-3-10-37-16-23(33-35-37)25(39)31-14-20-6-5-7-22(13-20)41-27(28,29)30/h5-9,12-13,16-17H,3-4,10-11,14-15H2,1-2H3,(H,31,39)(H,32,40). The lowest BCUT2D eigenvalue weighted by Crippen LogP contribution is -2.23. The maximum absolute atomic E-state index is 12.5. The minimum atomic E-state index is -4.80. The molecule has 0 aliphatic heterocycles. The van der Waals surface area contributed by atoms with Crippen LogP contribution < -0.4 is 15.4 Å². The summed E-state index contributed by atoms with van der Waals surface area (Å²) in [5.41, 5.74) is 4.03. The van der Waals surface area contributed by atoms with Crippen LogP contribution in [0.4, 0.5) is 13.2 Å². The smallest absolute Gasteiger partial charge is 0.406 e. The summed E-state index contributed by atoms with van der Waals surface area (Å²) in [6, 6.07) is 11.4. The monoisotopic (exact) mass is 570 g/mol. The number of nitrogens with zero attached hydrogens (tertiary/aromatic N) is 6. The first-order valence-corrected chi connectivity index (χ1v) is 12.8. The van der Waals surface area contributed by atoms with E-state index in [4.69, 9.17) is 0 Å². The number of unbranched alkanes of at least 4 members (excludes halogenated alkanes) is 1. The molecule has 4 aromatic rings. The van der Waals surface area contributed by atoms with Gasteiger partial charge in [0, 0.05) is 26.2 Å². The second-order valence-corrected chi connectivity index (χ2v) is 9.43. The Morgan fingerprint density at radius 1 is 0.854 bits per heavy atom. The number of benzene rings is 2. The van der Waals surface area contributed by atoms with Crippen molar-refractivity contribution in [1.29, 1.82) is 0 Å². The molecular weight excluding hydrogens is 541 g/mol. The predicted octanol–water partition coefficient (Wildman–Crippen LogP) is 3.73. The van der Waals surface area contributed by atoms with Gasteiger partial charge < -0.3 is 15.4 Å². The minimum absolute atomic E-state index is 0.00969. The summed E-state index contributed by atoms with van der Waals surface area (Å²) >= 11 is 0. The molecule has 4 rings (SSSR count). The number of amides is 2.